The first-order chi connectivity index (χ1) is 21.8. The second-order valence-electron chi connectivity index (χ2n) is 11.7. The summed E-state index contributed by atoms with van der Waals surface area (Å²) in [5, 5.41) is 12.8. The van der Waals surface area contributed by atoms with Crippen LogP contribution in [0.2, 0.25) is 0 Å². The average molecular weight is 557 g/mol. The summed E-state index contributed by atoms with van der Waals surface area (Å²) in [5.41, 5.74) is 7.52. The Morgan fingerprint density at radius 2 is 0.636 bits per heavy atom. The van der Waals surface area contributed by atoms with E-state index < -0.39 is 0 Å². The van der Waals surface area contributed by atoms with Crippen LogP contribution in [0.1, 0.15) is 0 Å². The van der Waals surface area contributed by atoms with E-state index in [0.29, 0.717) is 0 Å². The summed E-state index contributed by atoms with van der Waals surface area (Å²) in [6.45, 7) is 0. The molecule has 9 aromatic rings. The Morgan fingerprint density at radius 1 is 0.205 bits per heavy atom. The maximum Gasteiger partial charge on any atom is -0.00988 e. The molecule has 0 spiro atoms. The van der Waals surface area contributed by atoms with E-state index in [2.05, 4.69) is 170 Å². The molecular formula is C44H28. The van der Waals surface area contributed by atoms with E-state index in [0.717, 1.165) is 0 Å². The summed E-state index contributed by atoms with van der Waals surface area (Å²) in [7, 11) is 0. The average Bonchev–Trinajstić information content (AvgIpc) is 3.10. The Labute approximate surface area is 256 Å². The summed E-state index contributed by atoms with van der Waals surface area (Å²) in [6, 6.07) is 62.4. The van der Waals surface area contributed by atoms with Crippen LogP contribution in [0.15, 0.2) is 170 Å². The molecule has 204 valence electrons. The fraction of sp³-hybridized carbons (Fsp3) is 0. The zero-order valence-electron chi connectivity index (χ0n) is 24.2. The van der Waals surface area contributed by atoms with Crippen LogP contribution < -0.4 is 0 Å². The second kappa shape index (κ2) is 9.93. The molecule has 0 saturated heterocycles. The van der Waals surface area contributed by atoms with Crippen molar-refractivity contribution in [1.82, 2.24) is 0 Å². The van der Waals surface area contributed by atoms with E-state index in [4.69, 9.17) is 0 Å². The lowest BCUT2D eigenvalue weighted by molar-refractivity contribution is 1.62. The first kappa shape index (κ1) is 24.8. The van der Waals surface area contributed by atoms with E-state index >= 15 is 0 Å². The van der Waals surface area contributed by atoms with Gasteiger partial charge in [-0.3, -0.25) is 0 Å². The maximum atomic E-state index is 2.36. The SMILES string of the molecule is c1ccc(-c2cc3ccccc3cc2-c2ccc3c(ccc4cc(-c5cc6ccccc6c6ccccc56)ccc43)c2)cc1. The van der Waals surface area contributed by atoms with E-state index in [1.807, 2.05) is 0 Å². The summed E-state index contributed by atoms with van der Waals surface area (Å²) < 4.78 is 0. The molecule has 0 bridgehead atoms. The van der Waals surface area contributed by atoms with Crippen molar-refractivity contribution in [3.63, 3.8) is 0 Å². The standard InChI is InChI=1S/C44H28/c1-2-10-29(11-3-1)42-26-30-12-4-5-13-31(30)27-44(42)36-21-23-39-34(25-36)19-18-33-24-35(20-22-38(33)39)43-28-32-14-6-7-15-37(32)40-16-8-9-17-41(40)43/h1-28H. The number of rotatable bonds is 3. The monoisotopic (exact) mass is 556 g/mol. The van der Waals surface area contributed by atoms with Crippen LogP contribution in [0.4, 0.5) is 0 Å². The van der Waals surface area contributed by atoms with Crippen molar-refractivity contribution in [3.8, 4) is 33.4 Å². The highest BCUT2D eigenvalue weighted by Gasteiger charge is 2.13. The van der Waals surface area contributed by atoms with Gasteiger partial charge in [0.25, 0.3) is 0 Å². The van der Waals surface area contributed by atoms with E-state index in [1.165, 1.54) is 87.2 Å². The lowest BCUT2D eigenvalue weighted by Gasteiger charge is -2.15. The van der Waals surface area contributed by atoms with Crippen LogP contribution in [0.3, 0.4) is 0 Å². The zero-order valence-corrected chi connectivity index (χ0v) is 24.2. The Morgan fingerprint density at radius 3 is 1.30 bits per heavy atom. The molecule has 0 aromatic heterocycles. The smallest absolute Gasteiger partial charge is 0.00988 e. The van der Waals surface area contributed by atoms with Crippen molar-refractivity contribution in [2.75, 3.05) is 0 Å². The maximum absolute atomic E-state index is 2.36. The van der Waals surface area contributed by atoms with E-state index in [9.17, 15) is 0 Å². The summed E-state index contributed by atoms with van der Waals surface area (Å²) >= 11 is 0. The van der Waals surface area contributed by atoms with Crippen LogP contribution in [-0.4, -0.2) is 0 Å². The third-order valence-corrected chi connectivity index (χ3v) is 9.20. The third-order valence-electron chi connectivity index (χ3n) is 9.20. The first-order valence-corrected chi connectivity index (χ1v) is 15.3. The van der Waals surface area contributed by atoms with E-state index in [-0.39, 0.29) is 0 Å². The molecule has 0 aliphatic rings. The lowest BCUT2D eigenvalue weighted by atomic mass is 9.89. The molecular weight excluding hydrogens is 528 g/mol. The molecule has 0 nitrogen and oxygen atoms in total. The fourth-order valence-electron chi connectivity index (χ4n) is 7.04. The lowest BCUT2D eigenvalue weighted by Crippen LogP contribution is -1.88. The highest BCUT2D eigenvalue weighted by atomic mass is 14.2. The van der Waals surface area contributed by atoms with Gasteiger partial charge in [0.05, 0.1) is 0 Å². The molecule has 44 heavy (non-hydrogen) atoms. The minimum atomic E-state index is 1.24. The van der Waals surface area contributed by atoms with Crippen LogP contribution in [0, 0.1) is 0 Å². The molecule has 0 atom stereocenters. The Balaban J connectivity index is 1.20. The van der Waals surface area contributed by atoms with Gasteiger partial charge in [-0.05, 0) is 118 Å². The molecule has 0 aliphatic heterocycles. The minimum Gasteiger partial charge on any atom is -0.0622 e. The van der Waals surface area contributed by atoms with Gasteiger partial charge < -0.3 is 0 Å². The van der Waals surface area contributed by atoms with Crippen LogP contribution in [-0.2, 0) is 0 Å². The quantitative estimate of drug-likeness (QED) is 0.190. The number of hydrogen-bond acceptors (Lipinski definition) is 0. The van der Waals surface area contributed by atoms with Crippen LogP contribution in [0.25, 0.3) is 87.2 Å². The van der Waals surface area contributed by atoms with Gasteiger partial charge in [-0.25, -0.2) is 0 Å². The normalized spacial score (nSPS) is 11.6. The molecule has 0 N–H and O–H groups in total. The predicted molar refractivity (Wildman–Crippen MR) is 190 cm³/mol. The molecule has 0 saturated carbocycles. The van der Waals surface area contributed by atoms with Crippen molar-refractivity contribution >= 4 is 53.9 Å². The third kappa shape index (κ3) is 4.00. The number of hydrogen-bond donors (Lipinski definition) is 0. The zero-order chi connectivity index (χ0) is 29.0. The van der Waals surface area contributed by atoms with E-state index in [1.54, 1.807) is 0 Å². The summed E-state index contributed by atoms with van der Waals surface area (Å²) in [6.07, 6.45) is 0. The summed E-state index contributed by atoms with van der Waals surface area (Å²) in [5.74, 6) is 0. The molecule has 0 radical (unpaired) electrons. The number of benzene rings is 9. The van der Waals surface area contributed by atoms with Crippen molar-refractivity contribution in [2.24, 2.45) is 0 Å². The van der Waals surface area contributed by atoms with Gasteiger partial charge in [0, 0.05) is 0 Å². The van der Waals surface area contributed by atoms with Gasteiger partial charge >= 0.3 is 0 Å². The van der Waals surface area contributed by atoms with Gasteiger partial charge in [-0.2, -0.15) is 0 Å². The van der Waals surface area contributed by atoms with Gasteiger partial charge in [-0.1, -0.05) is 140 Å². The van der Waals surface area contributed by atoms with Gasteiger partial charge in [0.1, 0.15) is 0 Å². The minimum absolute atomic E-state index is 1.24. The van der Waals surface area contributed by atoms with Crippen molar-refractivity contribution in [3.05, 3.63) is 170 Å². The highest BCUT2D eigenvalue weighted by molar-refractivity contribution is 6.15. The number of fused-ring (bicyclic) bond motifs is 7. The Kier molecular flexibility index (Phi) is 5.61. The Hall–Kier alpha value is -5.72. The van der Waals surface area contributed by atoms with Crippen molar-refractivity contribution in [1.29, 1.82) is 0 Å². The molecule has 0 unspecified atom stereocenters. The Bertz CT molecular complexity index is 2540. The van der Waals surface area contributed by atoms with Gasteiger partial charge in [0.15, 0.2) is 0 Å². The summed E-state index contributed by atoms with van der Waals surface area (Å²) in [4.78, 5) is 0. The largest absolute Gasteiger partial charge is 0.0622 e. The molecule has 9 rings (SSSR count). The first-order valence-electron chi connectivity index (χ1n) is 15.3. The highest BCUT2D eigenvalue weighted by Crippen LogP contribution is 2.40. The molecule has 0 heteroatoms. The van der Waals surface area contributed by atoms with Gasteiger partial charge in [-0.15, -0.1) is 0 Å². The van der Waals surface area contributed by atoms with Crippen molar-refractivity contribution in [2.45, 2.75) is 0 Å². The van der Waals surface area contributed by atoms with Crippen LogP contribution in [0.5, 0.6) is 0 Å². The molecule has 0 amide bonds. The predicted octanol–water partition coefficient (Wildman–Crippen LogP) is 12.5. The van der Waals surface area contributed by atoms with Gasteiger partial charge in [0.2, 0.25) is 0 Å². The van der Waals surface area contributed by atoms with Crippen molar-refractivity contribution < 1.29 is 0 Å². The molecule has 0 heterocycles. The second-order valence-corrected chi connectivity index (χ2v) is 11.7. The topological polar surface area (TPSA) is 0 Å². The molecule has 9 aromatic carbocycles. The molecule has 0 aliphatic carbocycles. The fourth-order valence-corrected chi connectivity index (χ4v) is 7.04. The molecule has 0 fully saturated rings. The van der Waals surface area contributed by atoms with Crippen LogP contribution >= 0.6 is 0 Å².